The van der Waals surface area contributed by atoms with E-state index in [9.17, 15) is 0 Å². The van der Waals surface area contributed by atoms with Gasteiger partial charge in [-0.3, -0.25) is 4.68 Å². The van der Waals surface area contributed by atoms with Gasteiger partial charge in [-0.15, -0.1) is 0 Å². The third-order valence-electron chi connectivity index (χ3n) is 4.82. The molecule has 1 atom stereocenters. The van der Waals surface area contributed by atoms with Crippen LogP contribution in [0.3, 0.4) is 0 Å². The molecule has 120 valence electrons. The van der Waals surface area contributed by atoms with Gasteiger partial charge < -0.3 is 5.32 Å². The Bertz CT molecular complexity index is 393. The smallest absolute Gasteiger partial charge is 0.138 e. The van der Waals surface area contributed by atoms with Crippen molar-refractivity contribution in [1.29, 1.82) is 0 Å². The standard InChI is InChI=1S/C17H32N4/c1-4-10-18-16(15-8-6-14(3)7-9-15)12-17-19-13-20-21(17)11-5-2/h13-16,18H,4-12H2,1-3H3. The van der Waals surface area contributed by atoms with E-state index in [1.165, 1.54) is 32.1 Å². The van der Waals surface area contributed by atoms with Gasteiger partial charge >= 0.3 is 0 Å². The lowest BCUT2D eigenvalue weighted by atomic mass is 9.78. The fourth-order valence-electron chi connectivity index (χ4n) is 3.46. The van der Waals surface area contributed by atoms with Crippen LogP contribution >= 0.6 is 0 Å². The summed E-state index contributed by atoms with van der Waals surface area (Å²) in [7, 11) is 0. The number of aryl methyl sites for hydroxylation is 1. The lowest BCUT2D eigenvalue weighted by Gasteiger charge is -2.33. The second-order valence-electron chi connectivity index (χ2n) is 6.68. The van der Waals surface area contributed by atoms with Gasteiger partial charge in [0.05, 0.1) is 0 Å². The predicted octanol–water partition coefficient (Wildman–Crippen LogP) is 3.43. The summed E-state index contributed by atoms with van der Waals surface area (Å²) in [5.41, 5.74) is 0. The Kier molecular flexibility index (Phi) is 6.68. The molecule has 1 aliphatic carbocycles. The number of hydrogen-bond acceptors (Lipinski definition) is 3. The Morgan fingerprint density at radius 2 is 2.00 bits per heavy atom. The van der Waals surface area contributed by atoms with Crippen LogP contribution in [0.5, 0.6) is 0 Å². The minimum Gasteiger partial charge on any atom is -0.313 e. The van der Waals surface area contributed by atoms with Crippen LogP contribution in [0.25, 0.3) is 0 Å². The highest BCUT2D eigenvalue weighted by Crippen LogP contribution is 2.31. The molecule has 0 spiro atoms. The molecule has 1 fully saturated rings. The van der Waals surface area contributed by atoms with E-state index in [0.29, 0.717) is 6.04 Å². The van der Waals surface area contributed by atoms with Crippen LogP contribution in [-0.2, 0) is 13.0 Å². The van der Waals surface area contributed by atoms with Gasteiger partial charge in [-0.2, -0.15) is 5.10 Å². The molecule has 21 heavy (non-hydrogen) atoms. The Balaban J connectivity index is 1.99. The Morgan fingerprint density at radius 1 is 1.24 bits per heavy atom. The molecule has 0 aliphatic heterocycles. The normalized spacial score (nSPS) is 24.1. The SMILES string of the molecule is CCCNC(Cc1ncnn1CCC)C1CCC(C)CC1. The summed E-state index contributed by atoms with van der Waals surface area (Å²) in [6.07, 6.45) is 10.6. The predicted molar refractivity (Wildman–Crippen MR) is 87.2 cm³/mol. The monoisotopic (exact) mass is 292 g/mol. The highest BCUT2D eigenvalue weighted by Gasteiger charge is 2.27. The summed E-state index contributed by atoms with van der Waals surface area (Å²) < 4.78 is 2.09. The largest absolute Gasteiger partial charge is 0.313 e. The molecule has 4 heteroatoms. The topological polar surface area (TPSA) is 42.7 Å². The summed E-state index contributed by atoms with van der Waals surface area (Å²) in [5, 5.41) is 8.15. The van der Waals surface area contributed by atoms with E-state index in [-0.39, 0.29) is 0 Å². The molecule has 1 aliphatic rings. The molecular formula is C17H32N4. The third-order valence-corrected chi connectivity index (χ3v) is 4.82. The quantitative estimate of drug-likeness (QED) is 0.798. The van der Waals surface area contributed by atoms with Gasteiger partial charge in [-0.25, -0.2) is 4.98 Å². The zero-order valence-electron chi connectivity index (χ0n) is 14.0. The van der Waals surface area contributed by atoms with E-state index < -0.39 is 0 Å². The van der Waals surface area contributed by atoms with Crippen molar-refractivity contribution < 1.29 is 0 Å². The molecule has 0 bridgehead atoms. The summed E-state index contributed by atoms with van der Waals surface area (Å²) in [6.45, 7) is 8.92. The Morgan fingerprint density at radius 3 is 2.67 bits per heavy atom. The summed E-state index contributed by atoms with van der Waals surface area (Å²) in [6, 6.07) is 0.567. The average Bonchev–Trinajstić information content (AvgIpc) is 2.92. The number of nitrogens with zero attached hydrogens (tertiary/aromatic N) is 3. The van der Waals surface area contributed by atoms with Crippen molar-refractivity contribution in [3.8, 4) is 0 Å². The fourth-order valence-corrected chi connectivity index (χ4v) is 3.46. The lowest BCUT2D eigenvalue weighted by molar-refractivity contribution is 0.226. The molecule has 0 saturated heterocycles. The van der Waals surface area contributed by atoms with Gasteiger partial charge in [0.15, 0.2) is 0 Å². The molecule has 0 radical (unpaired) electrons. The van der Waals surface area contributed by atoms with Crippen molar-refractivity contribution in [2.45, 2.75) is 78.3 Å². The van der Waals surface area contributed by atoms with Crippen molar-refractivity contribution in [3.63, 3.8) is 0 Å². The third kappa shape index (κ3) is 4.80. The van der Waals surface area contributed by atoms with E-state index in [0.717, 1.165) is 43.6 Å². The van der Waals surface area contributed by atoms with Gasteiger partial charge in [0.2, 0.25) is 0 Å². The summed E-state index contributed by atoms with van der Waals surface area (Å²) in [5.74, 6) is 2.88. The van der Waals surface area contributed by atoms with Crippen molar-refractivity contribution in [3.05, 3.63) is 12.2 Å². The molecule has 2 rings (SSSR count). The number of nitrogens with one attached hydrogen (secondary N) is 1. The zero-order valence-corrected chi connectivity index (χ0v) is 14.0. The highest BCUT2D eigenvalue weighted by molar-refractivity contribution is 4.93. The van der Waals surface area contributed by atoms with Crippen molar-refractivity contribution >= 4 is 0 Å². The van der Waals surface area contributed by atoms with Crippen LogP contribution in [0.4, 0.5) is 0 Å². The molecule has 1 heterocycles. The van der Waals surface area contributed by atoms with Crippen LogP contribution < -0.4 is 5.32 Å². The molecule has 4 nitrogen and oxygen atoms in total. The lowest BCUT2D eigenvalue weighted by Crippen LogP contribution is -2.40. The minimum atomic E-state index is 0.567. The van der Waals surface area contributed by atoms with Gasteiger partial charge in [-0.05, 0) is 44.1 Å². The van der Waals surface area contributed by atoms with Crippen molar-refractivity contribution in [2.75, 3.05) is 6.54 Å². The zero-order chi connectivity index (χ0) is 15.1. The fraction of sp³-hybridized carbons (Fsp3) is 0.882. The molecule has 1 aromatic heterocycles. The Hall–Kier alpha value is -0.900. The molecule has 0 amide bonds. The first-order chi connectivity index (χ1) is 10.2. The maximum absolute atomic E-state index is 4.50. The number of rotatable bonds is 8. The van der Waals surface area contributed by atoms with Crippen LogP contribution in [0.15, 0.2) is 6.33 Å². The van der Waals surface area contributed by atoms with E-state index in [1.54, 1.807) is 6.33 Å². The maximum atomic E-state index is 4.50. The summed E-state index contributed by atoms with van der Waals surface area (Å²) >= 11 is 0. The molecule has 1 saturated carbocycles. The van der Waals surface area contributed by atoms with Gasteiger partial charge in [0.1, 0.15) is 12.2 Å². The first-order valence-corrected chi connectivity index (χ1v) is 8.84. The molecule has 0 aromatic carbocycles. The molecule has 1 N–H and O–H groups in total. The molecular weight excluding hydrogens is 260 g/mol. The number of aromatic nitrogens is 3. The van der Waals surface area contributed by atoms with Gasteiger partial charge in [0.25, 0.3) is 0 Å². The van der Waals surface area contributed by atoms with E-state index in [2.05, 4.69) is 40.9 Å². The van der Waals surface area contributed by atoms with Crippen LogP contribution in [0.1, 0.15) is 65.1 Å². The second-order valence-corrected chi connectivity index (χ2v) is 6.68. The number of hydrogen-bond donors (Lipinski definition) is 1. The second kappa shape index (κ2) is 8.52. The van der Waals surface area contributed by atoms with Gasteiger partial charge in [-0.1, -0.05) is 33.6 Å². The Labute approximate surface area is 129 Å². The first kappa shape index (κ1) is 16.5. The molecule has 1 aromatic rings. The first-order valence-electron chi connectivity index (χ1n) is 8.84. The molecule has 1 unspecified atom stereocenters. The maximum Gasteiger partial charge on any atom is 0.138 e. The average molecular weight is 292 g/mol. The van der Waals surface area contributed by atoms with Gasteiger partial charge in [0, 0.05) is 19.0 Å². The van der Waals surface area contributed by atoms with E-state index in [4.69, 9.17) is 0 Å². The van der Waals surface area contributed by atoms with E-state index >= 15 is 0 Å². The van der Waals surface area contributed by atoms with E-state index in [1.807, 2.05) is 0 Å². The van der Waals surface area contributed by atoms with Crippen LogP contribution in [0, 0.1) is 11.8 Å². The highest BCUT2D eigenvalue weighted by atomic mass is 15.3. The van der Waals surface area contributed by atoms with Crippen LogP contribution in [0.2, 0.25) is 0 Å². The van der Waals surface area contributed by atoms with Crippen molar-refractivity contribution in [1.82, 2.24) is 20.1 Å². The van der Waals surface area contributed by atoms with Crippen molar-refractivity contribution in [2.24, 2.45) is 11.8 Å². The minimum absolute atomic E-state index is 0.567. The summed E-state index contributed by atoms with van der Waals surface area (Å²) in [4.78, 5) is 4.50. The van der Waals surface area contributed by atoms with Crippen LogP contribution in [-0.4, -0.2) is 27.4 Å².